The van der Waals surface area contributed by atoms with Gasteiger partial charge in [-0.2, -0.15) is 0 Å². The first kappa shape index (κ1) is 10.7. The largest absolute Gasteiger partial charge is 0.465 e. The van der Waals surface area contributed by atoms with Gasteiger partial charge in [-0.05, 0) is 35.9 Å². The van der Waals surface area contributed by atoms with Gasteiger partial charge in [0.2, 0.25) is 0 Å². The Labute approximate surface area is 95.3 Å². The van der Waals surface area contributed by atoms with Crippen LogP contribution >= 0.6 is 0 Å². The summed E-state index contributed by atoms with van der Waals surface area (Å²) in [4.78, 5) is 13.5. The maximum absolute atomic E-state index is 11.4. The van der Waals surface area contributed by atoms with E-state index in [-0.39, 0.29) is 5.97 Å². The van der Waals surface area contributed by atoms with Gasteiger partial charge in [-0.1, -0.05) is 12.1 Å². The molecular formula is C13H15NO2. The molecule has 1 aromatic carbocycles. The van der Waals surface area contributed by atoms with Crippen LogP contribution in [0.5, 0.6) is 0 Å². The van der Waals surface area contributed by atoms with Crippen molar-refractivity contribution in [3.63, 3.8) is 0 Å². The molecular weight excluding hydrogens is 202 g/mol. The molecule has 1 heterocycles. The standard InChI is InChI=1S/C13H15NO2/c1-14-7-3-4-10-5-6-11(13(15)16-2)8-12(10)9-14/h3,5-8H,4,9H2,1-2H3. The number of methoxy groups -OCH3 is 1. The monoisotopic (exact) mass is 217 g/mol. The van der Waals surface area contributed by atoms with Crippen LogP contribution in [-0.2, 0) is 17.7 Å². The Morgan fingerprint density at radius 1 is 1.38 bits per heavy atom. The molecule has 0 fully saturated rings. The molecule has 0 spiro atoms. The molecule has 3 nitrogen and oxygen atoms in total. The van der Waals surface area contributed by atoms with Crippen LogP contribution in [0.1, 0.15) is 21.5 Å². The van der Waals surface area contributed by atoms with Gasteiger partial charge < -0.3 is 9.64 Å². The number of carbonyl (C=O) groups excluding carboxylic acids is 1. The molecule has 0 radical (unpaired) electrons. The van der Waals surface area contributed by atoms with Crippen molar-refractivity contribution in [1.29, 1.82) is 0 Å². The molecule has 0 aliphatic carbocycles. The summed E-state index contributed by atoms with van der Waals surface area (Å²) in [5, 5.41) is 0. The molecule has 84 valence electrons. The highest BCUT2D eigenvalue weighted by Crippen LogP contribution is 2.18. The average Bonchev–Trinajstić information content (AvgIpc) is 2.47. The fourth-order valence-corrected chi connectivity index (χ4v) is 1.90. The normalized spacial score (nSPS) is 14.2. The van der Waals surface area contributed by atoms with Crippen molar-refractivity contribution in [2.75, 3.05) is 14.2 Å². The predicted octanol–water partition coefficient (Wildman–Crippen LogP) is 1.97. The number of ether oxygens (including phenoxy) is 1. The van der Waals surface area contributed by atoms with E-state index < -0.39 is 0 Å². The summed E-state index contributed by atoms with van der Waals surface area (Å²) in [7, 11) is 3.43. The quantitative estimate of drug-likeness (QED) is 0.674. The minimum atomic E-state index is -0.275. The second-order valence-electron chi connectivity index (χ2n) is 3.98. The fraction of sp³-hybridized carbons (Fsp3) is 0.308. The molecule has 0 saturated heterocycles. The highest BCUT2D eigenvalue weighted by molar-refractivity contribution is 5.89. The lowest BCUT2D eigenvalue weighted by atomic mass is 10.0. The molecule has 0 saturated carbocycles. The maximum atomic E-state index is 11.4. The Hall–Kier alpha value is -1.77. The van der Waals surface area contributed by atoms with Gasteiger partial charge in [0.15, 0.2) is 0 Å². The van der Waals surface area contributed by atoms with Crippen molar-refractivity contribution in [3.8, 4) is 0 Å². The fourth-order valence-electron chi connectivity index (χ4n) is 1.90. The number of esters is 1. The molecule has 1 aliphatic heterocycles. The van der Waals surface area contributed by atoms with Gasteiger partial charge in [0.1, 0.15) is 0 Å². The second kappa shape index (κ2) is 4.39. The smallest absolute Gasteiger partial charge is 0.337 e. The predicted molar refractivity (Wildman–Crippen MR) is 62.1 cm³/mol. The maximum Gasteiger partial charge on any atom is 0.337 e. The van der Waals surface area contributed by atoms with Crippen molar-refractivity contribution >= 4 is 5.97 Å². The van der Waals surface area contributed by atoms with Gasteiger partial charge in [-0.15, -0.1) is 0 Å². The molecule has 0 aromatic heterocycles. The van der Waals surface area contributed by atoms with Crippen molar-refractivity contribution in [2.24, 2.45) is 0 Å². The van der Waals surface area contributed by atoms with Crippen LogP contribution < -0.4 is 0 Å². The zero-order valence-electron chi connectivity index (χ0n) is 9.56. The van der Waals surface area contributed by atoms with Crippen LogP contribution in [0.4, 0.5) is 0 Å². The molecule has 0 unspecified atom stereocenters. The van der Waals surface area contributed by atoms with E-state index >= 15 is 0 Å². The number of hydrogen-bond acceptors (Lipinski definition) is 3. The third kappa shape index (κ3) is 2.08. The van der Waals surface area contributed by atoms with Gasteiger partial charge in [-0.3, -0.25) is 0 Å². The molecule has 0 atom stereocenters. The van der Waals surface area contributed by atoms with E-state index in [0.29, 0.717) is 5.56 Å². The summed E-state index contributed by atoms with van der Waals surface area (Å²) < 4.78 is 4.72. The SMILES string of the molecule is COC(=O)c1ccc2c(c1)CN(C)C=CC2. The highest BCUT2D eigenvalue weighted by atomic mass is 16.5. The van der Waals surface area contributed by atoms with Crippen LogP contribution in [0.3, 0.4) is 0 Å². The average molecular weight is 217 g/mol. The van der Waals surface area contributed by atoms with Gasteiger partial charge in [-0.25, -0.2) is 4.79 Å². The Kier molecular flexibility index (Phi) is 2.95. The number of allylic oxidation sites excluding steroid dienone is 1. The zero-order valence-corrected chi connectivity index (χ0v) is 9.56. The zero-order chi connectivity index (χ0) is 11.5. The van der Waals surface area contributed by atoms with Crippen LogP contribution in [0.15, 0.2) is 30.5 Å². The topological polar surface area (TPSA) is 29.5 Å². The third-order valence-corrected chi connectivity index (χ3v) is 2.74. The summed E-state index contributed by atoms with van der Waals surface area (Å²) >= 11 is 0. The highest BCUT2D eigenvalue weighted by Gasteiger charge is 2.11. The van der Waals surface area contributed by atoms with E-state index in [9.17, 15) is 4.79 Å². The van der Waals surface area contributed by atoms with E-state index in [1.807, 2.05) is 25.2 Å². The number of benzene rings is 1. The Bertz CT molecular complexity index is 438. The van der Waals surface area contributed by atoms with Crippen LogP contribution in [0, 0.1) is 0 Å². The molecule has 2 rings (SSSR count). The number of hydrogen-bond donors (Lipinski definition) is 0. The minimum Gasteiger partial charge on any atom is -0.465 e. The second-order valence-corrected chi connectivity index (χ2v) is 3.98. The van der Waals surface area contributed by atoms with Crippen molar-refractivity contribution < 1.29 is 9.53 Å². The van der Waals surface area contributed by atoms with E-state index in [1.165, 1.54) is 18.2 Å². The number of rotatable bonds is 1. The van der Waals surface area contributed by atoms with E-state index in [0.717, 1.165) is 13.0 Å². The molecule has 0 N–H and O–H groups in total. The first-order chi connectivity index (χ1) is 7.70. The molecule has 16 heavy (non-hydrogen) atoms. The van der Waals surface area contributed by atoms with E-state index in [1.54, 1.807) is 0 Å². The summed E-state index contributed by atoms with van der Waals surface area (Å²) in [5.41, 5.74) is 3.08. The lowest BCUT2D eigenvalue weighted by Crippen LogP contribution is -2.10. The molecule has 3 heteroatoms. The Balaban J connectivity index is 2.35. The Morgan fingerprint density at radius 2 is 2.19 bits per heavy atom. The van der Waals surface area contributed by atoms with Crippen LogP contribution in [-0.4, -0.2) is 25.0 Å². The van der Waals surface area contributed by atoms with E-state index in [4.69, 9.17) is 4.74 Å². The summed E-state index contributed by atoms with van der Waals surface area (Å²) in [6.07, 6.45) is 5.11. The van der Waals surface area contributed by atoms with Gasteiger partial charge >= 0.3 is 5.97 Å². The van der Waals surface area contributed by atoms with Crippen LogP contribution in [0.2, 0.25) is 0 Å². The Morgan fingerprint density at radius 3 is 2.94 bits per heavy atom. The lowest BCUT2D eigenvalue weighted by Gasteiger charge is -2.14. The molecule has 0 amide bonds. The number of carbonyl (C=O) groups is 1. The van der Waals surface area contributed by atoms with Gasteiger partial charge in [0.25, 0.3) is 0 Å². The first-order valence-corrected chi connectivity index (χ1v) is 5.27. The number of fused-ring (bicyclic) bond motifs is 1. The molecule has 0 bridgehead atoms. The van der Waals surface area contributed by atoms with Crippen molar-refractivity contribution in [1.82, 2.24) is 4.90 Å². The van der Waals surface area contributed by atoms with Crippen LogP contribution in [0.25, 0.3) is 0 Å². The summed E-state index contributed by atoms with van der Waals surface area (Å²) in [6, 6.07) is 5.75. The first-order valence-electron chi connectivity index (χ1n) is 5.27. The lowest BCUT2D eigenvalue weighted by molar-refractivity contribution is 0.0600. The van der Waals surface area contributed by atoms with Crippen molar-refractivity contribution in [2.45, 2.75) is 13.0 Å². The van der Waals surface area contributed by atoms with Gasteiger partial charge in [0.05, 0.1) is 12.7 Å². The summed E-state index contributed by atoms with van der Waals surface area (Å²) in [6.45, 7) is 0.830. The van der Waals surface area contributed by atoms with Gasteiger partial charge in [0, 0.05) is 13.6 Å². The summed E-state index contributed by atoms with van der Waals surface area (Å²) in [5.74, 6) is -0.275. The minimum absolute atomic E-state index is 0.275. The number of nitrogens with zero attached hydrogens (tertiary/aromatic N) is 1. The third-order valence-electron chi connectivity index (χ3n) is 2.74. The molecule has 1 aliphatic rings. The van der Waals surface area contributed by atoms with Crippen molar-refractivity contribution in [3.05, 3.63) is 47.2 Å². The van der Waals surface area contributed by atoms with E-state index in [2.05, 4.69) is 17.2 Å². The molecule has 1 aromatic rings.